The summed E-state index contributed by atoms with van der Waals surface area (Å²) in [4.78, 5) is 45.5. The van der Waals surface area contributed by atoms with Gasteiger partial charge in [-0.1, -0.05) is 32.8 Å². The van der Waals surface area contributed by atoms with Crippen molar-refractivity contribution in [3.63, 3.8) is 0 Å². The molecule has 31 heavy (non-hydrogen) atoms. The lowest BCUT2D eigenvalue weighted by molar-refractivity contribution is -0.140. The molecule has 0 unspecified atom stereocenters. The van der Waals surface area contributed by atoms with Crippen LogP contribution < -0.4 is 5.32 Å². The second-order valence-electron chi connectivity index (χ2n) is 9.49. The van der Waals surface area contributed by atoms with Gasteiger partial charge in [0.2, 0.25) is 5.91 Å². The van der Waals surface area contributed by atoms with Crippen LogP contribution in [-0.2, 0) is 14.3 Å². The van der Waals surface area contributed by atoms with Gasteiger partial charge in [-0.2, -0.15) is 0 Å². The Morgan fingerprint density at radius 1 is 1.29 bits per heavy atom. The lowest BCUT2D eigenvalue weighted by Gasteiger charge is -2.37. The molecule has 0 bridgehead atoms. The largest absolute Gasteiger partial charge is 0.367 e. The number of nitrogens with one attached hydrogen (secondary N) is 1. The fourth-order valence-electron chi connectivity index (χ4n) is 5.60. The summed E-state index contributed by atoms with van der Waals surface area (Å²) in [5, 5.41) is 3.04. The van der Waals surface area contributed by atoms with Gasteiger partial charge in [-0.25, -0.2) is 4.98 Å². The minimum absolute atomic E-state index is 0.0499. The Morgan fingerprint density at radius 2 is 2.06 bits per heavy atom. The number of carbonyl (C=O) groups excluding carboxylic acids is 3. The summed E-state index contributed by atoms with van der Waals surface area (Å²) >= 11 is 0. The number of imidazole rings is 1. The maximum absolute atomic E-state index is 13.8. The van der Waals surface area contributed by atoms with E-state index in [1.54, 1.807) is 15.5 Å². The zero-order valence-electron chi connectivity index (χ0n) is 17.9. The van der Waals surface area contributed by atoms with E-state index in [1.807, 2.05) is 25.1 Å². The van der Waals surface area contributed by atoms with Gasteiger partial charge >= 0.3 is 0 Å². The van der Waals surface area contributed by atoms with Gasteiger partial charge in [0, 0.05) is 18.7 Å². The van der Waals surface area contributed by atoms with E-state index in [4.69, 9.17) is 4.74 Å². The first-order valence-corrected chi connectivity index (χ1v) is 11.1. The van der Waals surface area contributed by atoms with E-state index in [0.29, 0.717) is 17.9 Å². The Morgan fingerprint density at radius 3 is 2.84 bits per heavy atom. The predicted molar refractivity (Wildman–Crippen MR) is 112 cm³/mol. The Balaban J connectivity index is 1.46. The van der Waals surface area contributed by atoms with Crippen LogP contribution in [0.4, 0.5) is 0 Å². The van der Waals surface area contributed by atoms with Crippen molar-refractivity contribution in [2.24, 2.45) is 11.3 Å². The molecule has 0 radical (unpaired) electrons. The number of ketones is 1. The summed E-state index contributed by atoms with van der Waals surface area (Å²) < 4.78 is 7.38. The van der Waals surface area contributed by atoms with Crippen LogP contribution in [0.2, 0.25) is 0 Å². The van der Waals surface area contributed by atoms with Crippen LogP contribution >= 0.6 is 0 Å². The molecule has 4 heterocycles. The molecule has 4 atom stereocenters. The van der Waals surface area contributed by atoms with Crippen LogP contribution in [0.1, 0.15) is 50.0 Å². The van der Waals surface area contributed by atoms with E-state index in [2.05, 4.69) is 17.2 Å². The summed E-state index contributed by atoms with van der Waals surface area (Å²) in [7, 11) is 0. The first kappa shape index (κ1) is 20.2. The Hall–Kier alpha value is -2.74. The molecule has 8 heteroatoms. The lowest BCUT2D eigenvalue weighted by Crippen LogP contribution is -2.58. The van der Waals surface area contributed by atoms with Crippen molar-refractivity contribution in [2.45, 2.75) is 57.7 Å². The van der Waals surface area contributed by atoms with Gasteiger partial charge in [0.1, 0.15) is 30.0 Å². The van der Waals surface area contributed by atoms with Gasteiger partial charge in [-0.15, -0.1) is 0 Å². The minimum atomic E-state index is -0.698. The highest BCUT2D eigenvalue weighted by Gasteiger charge is 2.54. The molecule has 0 aromatic carbocycles. The van der Waals surface area contributed by atoms with Crippen molar-refractivity contribution in [1.29, 1.82) is 0 Å². The van der Waals surface area contributed by atoms with Gasteiger partial charge < -0.3 is 15.0 Å². The molecular weight excluding hydrogens is 396 g/mol. The summed E-state index contributed by atoms with van der Waals surface area (Å²) in [5.74, 6) is -0.467. The Bertz CT molecular complexity index is 1040. The van der Waals surface area contributed by atoms with E-state index in [-0.39, 0.29) is 41.6 Å². The molecule has 3 aliphatic rings. The average molecular weight is 425 g/mol. The van der Waals surface area contributed by atoms with E-state index >= 15 is 0 Å². The Kier molecular flexibility index (Phi) is 4.84. The molecule has 1 saturated carbocycles. The highest BCUT2D eigenvalue weighted by Crippen LogP contribution is 2.42. The molecule has 0 spiro atoms. The van der Waals surface area contributed by atoms with Gasteiger partial charge in [-0.05, 0) is 30.4 Å². The number of hydrogen-bond donors (Lipinski definition) is 1. The number of fused-ring (bicyclic) bond motifs is 2. The number of likely N-dealkylation sites (tertiary alicyclic amines) is 1. The number of pyridine rings is 1. The van der Waals surface area contributed by atoms with Crippen molar-refractivity contribution in [1.82, 2.24) is 19.6 Å². The second kappa shape index (κ2) is 7.44. The molecule has 1 aliphatic carbocycles. The minimum Gasteiger partial charge on any atom is -0.367 e. The summed E-state index contributed by atoms with van der Waals surface area (Å²) in [6.07, 6.45) is 6.84. The standard InChI is InChI=1S/C23H28N4O4/c1-14-12-27(18-16(28)13-31-19(14)18)22(30)20(23(2)8-4-5-9-23)25-21(29)15-11-24-17-7-3-6-10-26(15)17/h3,6-7,10-11,14,18-20H,4-5,8-9,12-13H2,1-2H3,(H,25,29)/t14-,18-,19-,20-/m1/s1. The highest BCUT2D eigenvalue weighted by molar-refractivity contribution is 5.99. The molecule has 1 N–H and O–H groups in total. The third-order valence-electron chi connectivity index (χ3n) is 7.34. The van der Waals surface area contributed by atoms with Crippen molar-refractivity contribution in [3.05, 3.63) is 36.3 Å². The van der Waals surface area contributed by atoms with E-state index in [1.165, 1.54) is 6.20 Å². The first-order chi connectivity index (χ1) is 14.9. The second-order valence-corrected chi connectivity index (χ2v) is 9.49. The summed E-state index contributed by atoms with van der Waals surface area (Å²) in [5.41, 5.74) is 0.715. The van der Waals surface area contributed by atoms with Crippen LogP contribution in [0.25, 0.3) is 5.65 Å². The smallest absolute Gasteiger partial charge is 0.270 e. The van der Waals surface area contributed by atoms with Crippen molar-refractivity contribution in [2.75, 3.05) is 13.2 Å². The molecule has 2 amide bonds. The maximum Gasteiger partial charge on any atom is 0.270 e. The van der Waals surface area contributed by atoms with Crippen molar-refractivity contribution in [3.8, 4) is 0 Å². The highest BCUT2D eigenvalue weighted by atomic mass is 16.5. The van der Waals surface area contributed by atoms with Crippen LogP contribution in [-0.4, -0.2) is 63.2 Å². The van der Waals surface area contributed by atoms with Crippen molar-refractivity contribution >= 4 is 23.2 Å². The lowest BCUT2D eigenvalue weighted by atomic mass is 9.79. The fourth-order valence-corrected chi connectivity index (χ4v) is 5.60. The molecule has 164 valence electrons. The number of nitrogens with zero attached hydrogens (tertiary/aromatic N) is 3. The van der Waals surface area contributed by atoms with Gasteiger partial charge in [-0.3, -0.25) is 18.8 Å². The molecule has 2 saturated heterocycles. The number of hydrogen-bond acceptors (Lipinski definition) is 5. The number of ether oxygens (including phenoxy) is 1. The predicted octanol–water partition coefficient (Wildman–Crippen LogP) is 1.83. The van der Waals surface area contributed by atoms with Crippen LogP contribution in [0.3, 0.4) is 0 Å². The molecule has 8 nitrogen and oxygen atoms in total. The zero-order chi connectivity index (χ0) is 21.8. The van der Waals surface area contributed by atoms with Crippen LogP contribution in [0, 0.1) is 11.3 Å². The van der Waals surface area contributed by atoms with Gasteiger partial charge in [0.15, 0.2) is 5.78 Å². The number of aromatic nitrogens is 2. The molecule has 5 rings (SSSR count). The van der Waals surface area contributed by atoms with E-state index in [0.717, 1.165) is 25.7 Å². The molecule has 3 fully saturated rings. The van der Waals surface area contributed by atoms with Crippen LogP contribution in [0.5, 0.6) is 0 Å². The quantitative estimate of drug-likeness (QED) is 0.808. The molecular formula is C23H28N4O4. The molecule has 2 aromatic rings. The van der Waals surface area contributed by atoms with Gasteiger partial charge in [0.25, 0.3) is 5.91 Å². The summed E-state index contributed by atoms with van der Waals surface area (Å²) in [6, 6.07) is 4.29. The third-order valence-corrected chi connectivity index (χ3v) is 7.34. The third kappa shape index (κ3) is 3.24. The van der Waals surface area contributed by atoms with Gasteiger partial charge in [0.05, 0.1) is 12.3 Å². The Labute approximate surface area is 180 Å². The van der Waals surface area contributed by atoms with E-state index in [9.17, 15) is 14.4 Å². The van der Waals surface area contributed by atoms with Crippen molar-refractivity contribution < 1.29 is 19.1 Å². The van der Waals surface area contributed by atoms with E-state index < -0.39 is 12.1 Å². The summed E-state index contributed by atoms with van der Waals surface area (Å²) in [6.45, 7) is 4.60. The molecule has 2 aromatic heterocycles. The normalized spacial score (nSPS) is 28.1. The average Bonchev–Trinajstić information content (AvgIpc) is 3.52. The van der Waals surface area contributed by atoms with Crippen LogP contribution in [0.15, 0.2) is 30.6 Å². The number of carbonyl (C=O) groups is 3. The maximum atomic E-state index is 13.8. The molecule has 2 aliphatic heterocycles. The first-order valence-electron chi connectivity index (χ1n) is 11.1. The number of rotatable bonds is 4. The monoisotopic (exact) mass is 424 g/mol. The zero-order valence-corrected chi connectivity index (χ0v) is 17.9. The topological polar surface area (TPSA) is 93.0 Å². The number of amides is 2. The SMILES string of the molecule is C[C@@H]1CN(C(=O)[C@@H](NC(=O)c2cnc3ccccn23)C2(C)CCCC2)[C@@H]2C(=O)CO[C@H]12. The number of Topliss-reactive ketones (excluding diaryl/α,β-unsaturated/α-hetero) is 1. The fraction of sp³-hybridized carbons (Fsp3) is 0.565.